The van der Waals surface area contributed by atoms with Gasteiger partial charge >= 0.3 is 0 Å². The molecular formula is C24H16Cl2N4O3. The summed E-state index contributed by atoms with van der Waals surface area (Å²) in [6.07, 6.45) is 0. The number of nitrogens with one attached hydrogen (secondary N) is 1. The first-order valence-corrected chi connectivity index (χ1v) is 10.6. The SMILES string of the molecule is COc1ccc(-n2nc3ccc(NC(=O)c4ccc(-c5ccc(Cl)cc5Cl)o4)cc3n2)cc1. The number of anilines is 1. The number of carbonyl (C=O) groups is 1. The molecule has 9 heteroatoms. The first-order chi connectivity index (χ1) is 16.0. The molecule has 0 aliphatic carbocycles. The summed E-state index contributed by atoms with van der Waals surface area (Å²) in [5.74, 6) is 0.978. The van der Waals surface area contributed by atoms with Crippen molar-refractivity contribution in [3.8, 4) is 22.8 Å². The van der Waals surface area contributed by atoms with Crippen LogP contribution in [0.2, 0.25) is 10.0 Å². The Hall–Kier alpha value is -3.81. The van der Waals surface area contributed by atoms with Gasteiger partial charge in [-0.25, -0.2) is 0 Å². The number of benzene rings is 3. The summed E-state index contributed by atoms with van der Waals surface area (Å²) in [6.45, 7) is 0. The topological polar surface area (TPSA) is 82.2 Å². The molecule has 0 unspecified atom stereocenters. The molecule has 5 rings (SSSR count). The summed E-state index contributed by atoms with van der Waals surface area (Å²) in [4.78, 5) is 14.2. The van der Waals surface area contributed by atoms with Crippen LogP contribution in [0.4, 0.5) is 5.69 Å². The quantitative estimate of drug-likeness (QED) is 0.322. The fourth-order valence-corrected chi connectivity index (χ4v) is 3.81. The summed E-state index contributed by atoms with van der Waals surface area (Å²) in [7, 11) is 1.61. The average Bonchev–Trinajstić information content (AvgIpc) is 3.46. The van der Waals surface area contributed by atoms with Crippen molar-refractivity contribution in [3.05, 3.63) is 88.6 Å². The Morgan fingerprint density at radius 2 is 1.73 bits per heavy atom. The second-order valence-corrected chi connectivity index (χ2v) is 7.98. The Bertz CT molecular complexity index is 1480. The maximum Gasteiger partial charge on any atom is 0.291 e. The molecule has 0 fully saturated rings. The lowest BCUT2D eigenvalue weighted by Gasteiger charge is -2.03. The van der Waals surface area contributed by atoms with E-state index >= 15 is 0 Å². The van der Waals surface area contributed by atoms with Crippen molar-refractivity contribution >= 4 is 45.8 Å². The molecule has 2 heterocycles. The maximum atomic E-state index is 12.7. The van der Waals surface area contributed by atoms with Crippen LogP contribution in [-0.2, 0) is 0 Å². The summed E-state index contributed by atoms with van der Waals surface area (Å²) in [5.41, 5.74) is 3.34. The van der Waals surface area contributed by atoms with Gasteiger partial charge in [-0.05, 0) is 72.8 Å². The third-order valence-corrected chi connectivity index (χ3v) is 5.52. The highest BCUT2D eigenvalue weighted by Gasteiger charge is 2.15. The number of hydrogen-bond acceptors (Lipinski definition) is 5. The number of rotatable bonds is 5. The van der Waals surface area contributed by atoms with Crippen molar-refractivity contribution in [2.45, 2.75) is 0 Å². The van der Waals surface area contributed by atoms with E-state index in [1.807, 2.05) is 24.3 Å². The number of fused-ring (bicyclic) bond motifs is 1. The van der Waals surface area contributed by atoms with Crippen molar-refractivity contribution in [1.29, 1.82) is 0 Å². The Kier molecular flexibility index (Phi) is 5.50. The number of aromatic nitrogens is 3. The van der Waals surface area contributed by atoms with Crippen LogP contribution in [0.25, 0.3) is 28.0 Å². The highest BCUT2D eigenvalue weighted by molar-refractivity contribution is 6.36. The number of hydrogen-bond donors (Lipinski definition) is 1. The van der Waals surface area contributed by atoms with E-state index in [4.69, 9.17) is 32.4 Å². The molecule has 0 aliphatic rings. The van der Waals surface area contributed by atoms with Gasteiger partial charge < -0.3 is 14.5 Å². The van der Waals surface area contributed by atoms with Crippen molar-refractivity contribution < 1.29 is 13.9 Å². The molecule has 0 atom stereocenters. The van der Waals surface area contributed by atoms with Crippen LogP contribution < -0.4 is 10.1 Å². The van der Waals surface area contributed by atoms with E-state index in [0.29, 0.717) is 38.1 Å². The first kappa shape index (κ1) is 21.1. The van der Waals surface area contributed by atoms with Crippen LogP contribution in [0, 0.1) is 0 Å². The zero-order valence-corrected chi connectivity index (χ0v) is 18.8. The van der Waals surface area contributed by atoms with Crippen LogP contribution in [0.3, 0.4) is 0 Å². The molecule has 0 saturated heterocycles. The zero-order valence-electron chi connectivity index (χ0n) is 17.3. The van der Waals surface area contributed by atoms with Gasteiger partial charge in [-0.3, -0.25) is 4.79 Å². The molecule has 0 saturated carbocycles. The normalized spacial score (nSPS) is 11.0. The van der Waals surface area contributed by atoms with E-state index in [1.165, 1.54) is 4.80 Å². The van der Waals surface area contributed by atoms with Crippen LogP contribution in [0.15, 0.2) is 77.2 Å². The summed E-state index contributed by atoms with van der Waals surface area (Å²) < 4.78 is 10.9. The van der Waals surface area contributed by atoms with Crippen LogP contribution in [0.1, 0.15) is 10.6 Å². The molecular weight excluding hydrogens is 463 g/mol. The van der Waals surface area contributed by atoms with Gasteiger partial charge in [0.25, 0.3) is 5.91 Å². The minimum Gasteiger partial charge on any atom is -0.497 e. The highest BCUT2D eigenvalue weighted by atomic mass is 35.5. The molecule has 3 aromatic carbocycles. The van der Waals surface area contributed by atoms with Gasteiger partial charge in [-0.2, -0.15) is 4.80 Å². The van der Waals surface area contributed by atoms with Crippen molar-refractivity contribution in [2.75, 3.05) is 12.4 Å². The molecule has 5 aromatic rings. The molecule has 1 amide bonds. The van der Waals surface area contributed by atoms with E-state index in [9.17, 15) is 4.79 Å². The van der Waals surface area contributed by atoms with E-state index in [-0.39, 0.29) is 5.76 Å². The first-order valence-electron chi connectivity index (χ1n) is 9.88. The molecule has 0 spiro atoms. The molecule has 164 valence electrons. The number of halogens is 2. The largest absolute Gasteiger partial charge is 0.497 e. The van der Waals surface area contributed by atoms with Gasteiger partial charge in [0.2, 0.25) is 0 Å². The number of nitrogens with zero attached hydrogens (tertiary/aromatic N) is 3. The van der Waals surface area contributed by atoms with Gasteiger partial charge in [0.1, 0.15) is 22.5 Å². The Morgan fingerprint density at radius 3 is 2.48 bits per heavy atom. The third kappa shape index (κ3) is 4.28. The number of methoxy groups -OCH3 is 1. The van der Waals surface area contributed by atoms with E-state index < -0.39 is 5.91 Å². The molecule has 0 bridgehead atoms. The van der Waals surface area contributed by atoms with E-state index in [2.05, 4.69) is 15.5 Å². The molecule has 0 aliphatic heterocycles. The monoisotopic (exact) mass is 478 g/mol. The number of carbonyl (C=O) groups excluding carboxylic acids is 1. The highest BCUT2D eigenvalue weighted by Crippen LogP contribution is 2.31. The van der Waals surface area contributed by atoms with Gasteiger partial charge in [-0.15, -0.1) is 10.2 Å². The van der Waals surface area contributed by atoms with Crippen LogP contribution >= 0.6 is 23.2 Å². The number of amides is 1. The third-order valence-electron chi connectivity index (χ3n) is 4.97. The van der Waals surface area contributed by atoms with Crippen LogP contribution in [0.5, 0.6) is 5.75 Å². The molecule has 7 nitrogen and oxygen atoms in total. The molecule has 2 aromatic heterocycles. The standard InChI is InChI=1S/C24H16Cl2N4O3/c1-32-17-6-4-16(5-7-17)30-28-20-9-3-15(13-21(20)29-30)27-24(31)23-11-10-22(33-23)18-8-2-14(25)12-19(18)26/h2-13H,1H3,(H,27,31). The summed E-state index contributed by atoms with van der Waals surface area (Å²) in [5, 5.41) is 12.8. The van der Waals surface area contributed by atoms with Gasteiger partial charge in [0, 0.05) is 16.3 Å². The minimum absolute atomic E-state index is 0.151. The van der Waals surface area contributed by atoms with E-state index in [0.717, 1.165) is 11.4 Å². The van der Waals surface area contributed by atoms with Crippen molar-refractivity contribution in [3.63, 3.8) is 0 Å². The predicted octanol–water partition coefficient (Wildman–Crippen LogP) is 6.25. The number of ether oxygens (including phenoxy) is 1. The lowest BCUT2D eigenvalue weighted by molar-refractivity contribution is 0.0997. The van der Waals surface area contributed by atoms with Crippen molar-refractivity contribution in [2.24, 2.45) is 0 Å². The van der Waals surface area contributed by atoms with Gasteiger partial charge in [0.05, 0.1) is 17.8 Å². The number of furan rings is 1. The van der Waals surface area contributed by atoms with E-state index in [1.54, 1.807) is 55.6 Å². The fraction of sp³-hybridized carbons (Fsp3) is 0.0417. The fourth-order valence-electron chi connectivity index (χ4n) is 3.31. The average molecular weight is 479 g/mol. The van der Waals surface area contributed by atoms with Crippen molar-refractivity contribution in [1.82, 2.24) is 15.0 Å². The Morgan fingerprint density at radius 1 is 0.939 bits per heavy atom. The van der Waals surface area contributed by atoms with Gasteiger partial charge in [-0.1, -0.05) is 23.2 Å². The summed E-state index contributed by atoms with van der Waals surface area (Å²) in [6, 6.07) is 21.0. The summed E-state index contributed by atoms with van der Waals surface area (Å²) >= 11 is 12.2. The molecule has 0 radical (unpaired) electrons. The maximum absolute atomic E-state index is 12.7. The smallest absolute Gasteiger partial charge is 0.291 e. The Balaban J connectivity index is 1.35. The molecule has 1 N–H and O–H groups in total. The zero-order chi connectivity index (χ0) is 22.9. The molecule has 33 heavy (non-hydrogen) atoms. The van der Waals surface area contributed by atoms with Crippen LogP contribution in [-0.4, -0.2) is 28.0 Å². The second kappa shape index (κ2) is 8.61. The minimum atomic E-state index is -0.395. The Labute approximate surface area is 198 Å². The second-order valence-electron chi connectivity index (χ2n) is 7.13. The van der Waals surface area contributed by atoms with Gasteiger partial charge in [0.15, 0.2) is 5.76 Å². The lowest BCUT2D eigenvalue weighted by Crippen LogP contribution is -2.10. The lowest BCUT2D eigenvalue weighted by atomic mass is 10.2. The predicted molar refractivity (Wildman–Crippen MR) is 128 cm³/mol.